The zero-order valence-corrected chi connectivity index (χ0v) is 4.14. The Labute approximate surface area is 49.1 Å². The van der Waals surface area contributed by atoms with E-state index in [0.717, 1.165) is 0 Å². The van der Waals surface area contributed by atoms with Gasteiger partial charge in [0.2, 0.25) is 5.83 Å². The van der Waals surface area contributed by atoms with Crippen LogP contribution in [-0.2, 0) is 4.79 Å². The van der Waals surface area contributed by atoms with Crippen molar-refractivity contribution < 1.29 is 14.0 Å². The Morgan fingerprint density at radius 2 is 2.22 bits per heavy atom. The maximum absolute atomic E-state index is 11.9. The summed E-state index contributed by atoms with van der Waals surface area (Å²) in [5.41, 5.74) is 0. The van der Waals surface area contributed by atoms with Crippen molar-refractivity contribution in [2.24, 2.45) is 4.99 Å². The molecule has 1 heterocycles. The largest absolute Gasteiger partial charge is 0.356 e. The van der Waals surface area contributed by atoms with Crippen molar-refractivity contribution in [2.45, 2.75) is 0 Å². The van der Waals surface area contributed by atoms with Gasteiger partial charge in [0.25, 0.3) is 5.91 Å². The summed E-state index contributed by atoms with van der Waals surface area (Å²) in [7, 11) is 0. The molecule has 5 heteroatoms. The Bertz CT molecular complexity index is 239. The van der Waals surface area contributed by atoms with Crippen LogP contribution in [0.15, 0.2) is 10.8 Å². The molecule has 1 N–H and O–H groups in total. The second-order valence-corrected chi connectivity index (χ2v) is 1.30. The predicted molar refractivity (Wildman–Crippen MR) is 25.6 cm³/mol. The third kappa shape index (κ3) is 1.00. The number of halogens is 1. The van der Waals surface area contributed by atoms with Crippen LogP contribution in [0.3, 0.4) is 0 Å². The Morgan fingerprint density at radius 1 is 1.56 bits per heavy atom. The van der Waals surface area contributed by atoms with Crippen LogP contribution in [0.25, 0.3) is 0 Å². The minimum Gasteiger partial charge on any atom is -0.269 e. The number of hydrogen-bond donors (Lipinski definition) is 1. The van der Waals surface area contributed by atoms with Crippen molar-refractivity contribution in [1.82, 2.24) is 5.32 Å². The minimum absolute atomic E-state index is 0.888. The zero-order valence-electron chi connectivity index (χ0n) is 4.14. The van der Waals surface area contributed by atoms with E-state index in [-0.39, 0.29) is 0 Å². The van der Waals surface area contributed by atoms with Crippen LogP contribution in [-0.4, -0.2) is 17.8 Å². The topological polar surface area (TPSA) is 58.5 Å². The van der Waals surface area contributed by atoms with Crippen molar-refractivity contribution in [1.29, 1.82) is 0 Å². The molecule has 0 aromatic heterocycles. The number of nitrogens with zero attached hydrogens (tertiary/aromatic N) is 1. The van der Waals surface area contributed by atoms with Crippen LogP contribution >= 0.6 is 0 Å². The summed E-state index contributed by atoms with van der Waals surface area (Å²) >= 11 is 0. The molecular formula is C4HFN2O2. The average Bonchev–Trinajstić information content (AvgIpc) is 1.80. The van der Waals surface area contributed by atoms with Crippen LogP contribution in [0.2, 0.25) is 0 Å². The normalized spacial score (nSPS) is 17.2. The molecule has 0 radical (unpaired) electrons. The summed E-state index contributed by atoms with van der Waals surface area (Å²) in [5.74, 6) is -0.665. The van der Waals surface area contributed by atoms with Gasteiger partial charge in [0.05, 0.1) is 0 Å². The highest BCUT2D eigenvalue weighted by Crippen LogP contribution is 1.93. The third-order valence-electron chi connectivity index (χ3n) is 0.675. The third-order valence-corrected chi connectivity index (χ3v) is 0.675. The van der Waals surface area contributed by atoms with Gasteiger partial charge in [-0.3, -0.25) is 10.1 Å². The molecule has 0 spiro atoms. The molecule has 0 atom stereocenters. The van der Waals surface area contributed by atoms with E-state index in [0.29, 0.717) is 0 Å². The Balaban J connectivity index is 3.05. The van der Waals surface area contributed by atoms with E-state index in [1.54, 1.807) is 11.2 Å². The highest BCUT2D eigenvalue weighted by atomic mass is 19.1. The number of hydrogen-bond acceptors (Lipinski definition) is 2. The standard InChI is InChI=1S/C4HFN2O2/c5-2-1-6-4(9)7-3(2)8/h(H,7,8,9). The zero-order chi connectivity index (χ0) is 6.85. The summed E-state index contributed by atoms with van der Waals surface area (Å²) in [5, 5.41) is 1.61. The summed E-state index contributed by atoms with van der Waals surface area (Å²) < 4.78 is 11.9. The molecule has 1 aliphatic heterocycles. The number of carbonyl (C=O) groups excluding carboxylic acids is 2. The quantitative estimate of drug-likeness (QED) is 0.489. The first-order valence-electron chi connectivity index (χ1n) is 2.04. The van der Waals surface area contributed by atoms with Gasteiger partial charge >= 0.3 is 6.03 Å². The van der Waals surface area contributed by atoms with Crippen LogP contribution in [0.1, 0.15) is 0 Å². The molecule has 0 fully saturated rings. The first-order valence-corrected chi connectivity index (χ1v) is 2.04. The molecule has 0 aromatic rings. The summed E-state index contributed by atoms with van der Waals surface area (Å²) in [6.45, 7) is 0. The summed E-state index contributed by atoms with van der Waals surface area (Å²) in [4.78, 5) is 23.0. The van der Waals surface area contributed by atoms with Gasteiger partial charge in [0.15, 0.2) is 0 Å². The lowest BCUT2D eigenvalue weighted by molar-refractivity contribution is -0.117. The highest BCUT2D eigenvalue weighted by molar-refractivity contribution is 6.12. The number of aliphatic imine (C=N–C) groups is 1. The van der Waals surface area contributed by atoms with E-state index < -0.39 is 17.8 Å². The fraction of sp³-hybridized carbons (Fsp3) is 0. The maximum Gasteiger partial charge on any atom is 0.356 e. The molecule has 0 unspecified atom stereocenters. The molecular weight excluding hydrogens is 127 g/mol. The lowest BCUT2D eigenvalue weighted by Crippen LogP contribution is -2.30. The van der Waals surface area contributed by atoms with Gasteiger partial charge in [-0.2, -0.15) is 4.39 Å². The molecule has 3 amide bonds. The SMILES string of the molecule is O=C1N=C=C(F)C(=O)N1. The van der Waals surface area contributed by atoms with Gasteiger partial charge in [-0.15, -0.1) is 4.99 Å². The maximum atomic E-state index is 11.9. The predicted octanol–water partition coefficient (Wildman–Crippen LogP) is -0.241. The van der Waals surface area contributed by atoms with E-state index in [2.05, 4.69) is 4.99 Å². The van der Waals surface area contributed by atoms with E-state index in [4.69, 9.17) is 0 Å². The number of nitrogens with one attached hydrogen (secondary N) is 1. The number of amides is 3. The summed E-state index contributed by atoms with van der Waals surface area (Å²) in [6.07, 6.45) is 0. The molecule has 0 aliphatic carbocycles. The monoisotopic (exact) mass is 128 g/mol. The fourth-order valence-corrected chi connectivity index (χ4v) is 0.331. The van der Waals surface area contributed by atoms with Crippen LogP contribution in [0.4, 0.5) is 9.18 Å². The number of imide groups is 1. The van der Waals surface area contributed by atoms with Crippen molar-refractivity contribution in [3.63, 3.8) is 0 Å². The number of carbonyl (C=O) groups is 2. The lowest BCUT2D eigenvalue weighted by Gasteiger charge is -1.96. The van der Waals surface area contributed by atoms with E-state index in [9.17, 15) is 14.0 Å². The first kappa shape index (κ1) is 5.65. The van der Waals surface area contributed by atoms with E-state index in [1.807, 2.05) is 0 Å². The number of urea groups is 1. The van der Waals surface area contributed by atoms with E-state index in [1.165, 1.54) is 0 Å². The molecule has 1 aliphatic rings. The second-order valence-electron chi connectivity index (χ2n) is 1.30. The fourth-order valence-electron chi connectivity index (χ4n) is 0.331. The molecule has 1 rings (SSSR count). The molecule has 4 nitrogen and oxygen atoms in total. The van der Waals surface area contributed by atoms with Gasteiger partial charge in [-0.05, 0) is 0 Å². The Hall–Kier alpha value is -1.48. The van der Waals surface area contributed by atoms with Crippen molar-refractivity contribution in [3.05, 3.63) is 5.83 Å². The second kappa shape index (κ2) is 1.80. The van der Waals surface area contributed by atoms with E-state index >= 15 is 0 Å². The van der Waals surface area contributed by atoms with Crippen molar-refractivity contribution in [2.75, 3.05) is 0 Å². The number of rotatable bonds is 0. The van der Waals surface area contributed by atoms with Crippen LogP contribution in [0, 0.1) is 0 Å². The molecule has 0 saturated carbocycles. The first-order chi connectivity index (χ1) is 4.20. The van der Waals surface area contributed by atoms with Gasteiger partial charge in [0.1, 0.15) is 0 Å². The van der Waals surface area contributed by atoms with Gasteiger partial charge in [0, 0.05) is 5.87 Å². The highest BCUT2D eigenvalue weighted by Gasteiger charge is 2.15. The van der Waals surface area contributed by atoms with Gasteiger partial charge in [-0.1, -0.05) is 0 Å². The van der Waals surface area contributed by atoms with Gasteiger partial charge < -0.3 is 0 Å². The Morgan fingerprint density at radius 3 is 2.67 bits per heavy atom. The molecule has 46 valence electrons. The molecule has 0 aromatic carbocycles. The molecule has 0 bridgehead atoms. The van der Waals surface area contributed by atoms with Crippen molar-refractivity contribution in [3.8, 4) is 0 Å². The molecule has 0 saturated heterocycles. The molecule has 9 heavy (non-hydrogen) atoms. The van der Waals surface area contributed by atoms with Crippen LogP contribution in [0.5, 0.6) is 0 Å². The van der Waals surface area contributed by atoms with Crippen LogP contribution < -0.4 is 5.32 Å². The lowest BCUT2D eigenvalue weighted by atomic mass is 10.5. The summed E-state index contributed by atoms with van der Waals surface area (Å²) in [6, 6.07) is -0.888. The minimum atomic E-state index is -1.17. The average molecular weight is 128 g/mol. The van der Waals surface area contributed by atoms with Gasteiger partial charge in [-0.25, -0.2) is 4.79 Å². The Kier molecular flexibility index (Phi) is 1.13. The van der Waals surface area contributed by atoms with Crippen molar-refractivity contribution >= 4 is 17.8 Å². The smallest absolute Gasteiger partial charge is 0.269 e.